The Morgan fingerprint density at radius 2 is 2.22 bits per heavy atom. The van der Waals surface area contributed by atoms with Crippen LogP contribution in [-0.2, 0) is 0 Å². The molecule has 0 radical (unpaired) electrons. The number of amides is 1. The summed E-state index contributed by atoms with van der Waals surface area (Å²) < 4.78 is 0. The van der Waals surface area contributed by atoms with Gasteiger partial charge in [-0.25, -0.2) is 4.98 Å². The Balaban J connectivity index is 2.12. The summed E-state index contributed by atoms with van der Waals surface area (Å²) in [6.07, 6.45) is 1.67. The third-order valence-corrected chi connectivity index (χ3v) is 3.35. The lowest BCUT2D eigenvalue weighted by Crippen LogP contribution is -2.26. The first-order chi connectivity index (χ1) is 8.58. The van der Waals surface area contributed by atoms with Crippen molar-refractivity contribution in [2.45, 2.75) is 13.0 Å². The molecule has 1 amide bonds. The van der Waals surface area contributed by atoms with E-state index in [1.54, 1.807) is 6.20 Å². The quantitative estimate of drug-likeness (QED) is 0.792. The van der Waals surface area contributed by atoms with E-state index >= 15 is 0 Å². The van der Waals surface area contributed by atoms with Crippen molar-refractivity contribution in [2.75, 3.05) is 0 Å². The number of aromatic nitrogens is 1. The Bertz CT molecular complexity index is 554. The molecule has 94 valence electrons. The summed E-state index contributed by atoms with van der Waals surface area (Å²) in [5.74, 6) is -0.744. The van der Waals surface area contributed by atoms with Crippen molar-refractivity contribution in [3.8, 4) is 11.5 Å². The third-order valence-electron chi connectivity index (χ3n) is 2.40. The van der Waals surface area contributed by atoms with E-state index in [0.29, 0.717) is 0 Å². The molecule has 0 aliphatic rings. The number of hydrogen-bond acceptors (Lipinski definition) is 5. The van der Waals surface area contributed by atoms with Crippen LogP contribution in [0.15, 0.2) is 29.8 Å². The van der Waals surface area contributed by atoms with Crippen molar-refractivity contribution in [1.82, 2.24) is 10.3 Å². The molecular weight excluding hydrogens is 252 g/mol. The zero-order valence-corrected chi connectivity index (χ0v) is 10.4. The number of rotatable bonds is 3. The van der Waals surface area contributed by atoms with Gasteiger partial charge in [-0.1, -0.05) is 0 Å². The zero-order valence-electron chi connectivity index (χ0n) is 9.62. The minimum atomic E-state index is -0.407. The number of phenols is 2. The van der Waals surface area contributed by atoms with Gasteiger partial charge < -0.3 is 15.5 Å². The van der Waals surface area contributed by atoms with E-state index in [9.17, 15) is 9.90 Å². The standard InChI is InChI=1S/C12H12N2O3S/c1-7(12-13-4-5-18-12)14-11(17)9-3-2-8(15)6-10(9)16/h2-7,15-16H,1H3,(H,14,17). The SMILES string of the molecule is CC(NC(=O)c1ccc(O)cc1O)c1nccs1. The molecule has 0 saturated heterocycles. The molecule has 0 aliphatic carbocycles. The van der Waals surface area contributed by atoms with Gasteiger partial charge in [0, 0.05) is 17.6 Å². The van der Waals surface area contributed by atoms with Gasteiger partial charge in [0.05, 0.1) is 11.6 Å². The number of benzene rings is 1. The van der Waals surface area contributed by atoms with Crippen LogP contribution >= 0.6 is 11.3 Å². The Morgan fingerprint density at radius 1 is 1.44 bits per heavy atom. The topological polar surface area (TPSA) is 82.5 Å². The van der Waals surface area contributed by atoms with Gasteiger partial charge in [0.15, 0.2) is 0 Å². The highest BCUT2D eigenvalue weighted by Gasteiger charge is 2.16. The summed E-state index contributed by atoms with van der Waals surface area (Å²) >= 11 is 1.45. The van der Waals surface area contributed by atoms with Crippen LogP contribution in [0.3, 0.4) is 0 Å². The van der Waals surface area contributed by atoms with E-state index in [4.69, 9.17) is 5.11 Å². The van der Waals surface area contributed by atoms with Crippen molar-refractivity contribution in [3.05, 3.63) is 40.3 Å². The molecule has 2 rings (SSSR count). The molecule has 6 heteroatoms. The first kappa shape index (κ1) is 12.4. The Morgan fingerprint density at radius 3 is 2.83 bits per heavy atom. The number of nitrogens with zero attached hydrogens (tertiary/aromatic N) is 1. The molecule has 2 aromatic rings. The lowest BCUT2D eigenvalue weighted by molar-refractivity contribution is 0.0937. The Labute approximate surface area is 108 Å². The van der Waals surface area contributed by atoms with Crippen LogP contribution in [0, 0.1) is 0 Å². The smallest absolute Gasteiger partial charge is 0.255 e. The Hall–Kier alpha value is -2.08. The number of thiazole rings is 1. The second-order valence-corrected chi connectivity index (χ2v) is 4.69. The van der Waals surface area contributed by atoms with Gasteiger partial charge in [0.2, 0.25) is 0 Å². The molecule has 0 spiro atoms. The lowest BCUT2D eigenvalue weighted by atomic mass is 10.1. The highest BCUT2D eigenvalue weighted by molar-refractivity contribution is 7.09. The molecule has 5 nitrogen and oxygen atoms in total. The minimum Gasteiger partial charge on any atom is -0.508 e. The third kappa shape index (κ3) is 2.60. The predicted octanol–water partition coefficient (Wildman–Crippen LogP) is 2.05. The van der Waals surface area contributed by atoms with E-state index in [-0.39, 0.29) is 23.1 Å². The maximum atomic E-state index is 11.9. The number of nitrogens with one attached hydrogen (secondary N) is 1. The molecule has 1 heterocycles. The molecule has 3 N–H and O–H groups in total. The fourth-order valence-corrected chi connectivity index (χ4v) is 2.14. The fraction of sp³-hybridized carbons (Fsp3) is 0.167. The number of aromatic hydroxyl groups is 2. The molecule has 18 heavy (non-hydrogen) atoms. The van der Waals surface area contributed by atoms with Crippen LogP contribution in [-0.4, -0.2) is 21.1 Å². The predicted molar refractivity (Wildman–Crippen MR) is 67.8 cm³/mol. The van der Waals surface area contributed by atoms with E-state index in [2.05, 4.69) is 10.3 Å². The summed E-state index contributed by atoms with van der Waals surface area (Å²) in [5, 5.41) is 24.1. The molecular formula is C12H12N2O3S. The molecule has 0 fully saturated rings. The van der Waals surface area contributed by atoms with Crippen molar-refractivity contribution >= 4 is 17.2 Å². The molecule has 1 unspecified atom stereocenters. The van der Waals surface area contributed by atoms with Crippen LogP contribution in [0.1, 0.15) is 28.3 Å². The van der Waals surface area contributed by atoms with Crippen molar-refractivity contribution in [3.63, 3.8) is 0 Å². The first-order valence-corrected chi connectivity index (χ1v) is 6.18. The number of carbonyl (C=O) groups excluding carboxylic acids is 1. The average molecular weight is 264 g/mol. The second kappa shape index (κ2) is 5.05. The summed E-state index contributed by atoms with van der Waals surface area (Å²) in [5.41, 5.74) is 0.121. The molecule has 1 atom stereocenters. The van der Waals surface area contributed by atoms with Gasteiger partial charge in [-0.2, -0.15) is 0 Å². The van der Waals surface area contributed by atoms with Gasteiger partial charge in [-0.15, -0.1) is 11.3 Å². The summed E-state index contributed by atoms with van der Waals surface area (Å²) in [7, 11) is 0. The van der Waals surface area contributed by atoms with Gasteiger partial charge in [0.25, 0.3) is 5.91 Å². The van der Waals surface area contributed by atoms with Crippen LogP contribution in [0.2, 0.25) is 0 Å². The second-order valence-electron chi connectivity index (χ2n) is 3.77. The van der Waals surface area contributed by atoms with Crippen LogP contribution in [0.4, 0.5) is 0 Å². The van der Waals surface area contributed by atoms with Gasteiger partial charge in [-0.05, 0) is 19.1 Å². The highest BCUT2D eigenvalue weighted by atomic mass is 32.1. The van der Waals surface area contributed by atoms with Crippen molar-refractivity contribution in [2.24, 2.45) is 0 Å². The maximum Gasteiger partial charge on any atom is 0.255 e. The highest BCUT2D eigenvalue weighted by Crippen LogP contribution is 2.23. The number of hydrogen-bond donors (Lipinski definition) is 3. The summed E-state index contributed by atoms with van der Waals surface area (Å²) in [6, 6.07) is 3.62. The molecule has 0 bridgehead atoms. The van der Waals surface area contributed by atoms with E-state index in [1.807, 2.05) is 12.3 Å². The van der Waals surface area contributed by atoms with Crippen LogP contribution < -0.4 is 5.32 Å². The fourth-order valence-electron chi connectivity index (χ4n) is 1.50. The van der Waals surface area contributed by atoms with Crippen LogP contribution in [0.25, 0.3) is 0 Å². The van der Waals surface area contributed by atoms with Crippen molar-refractivity contribution < 1.29 is 15.0 Å². The van der Waals surface area contributed by atoms with Crippen molar-refractivity contribution in [1.29, 1.82) is 0 Å². The lowest BCUT2D eigenvalue weighted by Gasteiger charge is -2.12. The summed E-state index contributed by atoms with van der Waals surface area (Å²) in [6.45, 7) is 1.81. The monoisotopic (exact) mass is 264 g/mol. The Kier molecular flexibility index (Phi) is 3.47. The van der Waals surface area contributed by atoms with E-state index in [0.717, 1.165) is 11.1 Å². The van der Waals surface area contributed by atoms with Crippen LogP contribution in [0.5, 0.6) is 11.5 Å². The van der Waals surface area contributed by atoms with E-state index < -0.39 is 5.91 Å². The number of carbonyl (C=O) groups is 1. The summed E-state index contributed by atoms with van der Waals surface area (Å²) in [4.78, 5) is 16.0. The van der Waals surface area contributed by atoms with E-state index in [1.165, 1.54) is 23.5 Å². The largest absolute Gasteiger partial charge is 0.508 e. The molecule has 0 saturated carbocycles. The minimum absolute atomic E-state index is 0.0861. The average Bonchev–Trinajstić information content (AvgIpc) is 2.81. The molecule has 0 aliphatic heterocycles. The maximum absolute atomic E-state index is 11.9. The molecule has 1 aromatic heterocycles. The molecule has 1 aromatic carbocycles. The normalized spacial score (nSPS) is 12.1. The first-order valence-electron chi connectivity index (χ1n) is 5.30. The van der Waals surface area contributed by atoms with Gasteiger partial charge >= 0.3 is 0 Å². The zero-order chi connectivity index (χ0) is 13.1. The van der Waals surface area contributed by atoms with Gasteiger partial charge in [0.1, 0.15) is 16.5 Å². The van der Waals surface area contributed by atoms with Gasteiger partial charge in [-0.3, -0.25) is 4.79 Å². The number of phenolic OH excluding ortho intramolecular Hbond substituents is 2.